The zero-order chi connectivity index (χ0) is 19.3. The number of rotatable bonds is 7. The number of benzene rings is 2. The number of carbonyl (C=O) groups is 2. The van der Waals surface area contributed by atoms with Gasteiger partial charge in [-0.05, 0) is 23.9 Å². The van der Waals surface area contributed by atoms with Crippen LogP contribution in [0.15, 0.2) is 45.8 Å². The summed E-state index contributed by atoms with van der Waals surface area (Å²) in [4.78, 5) is 23.3. The Morgan fingerprint density at radius 3 is 2.35 bits per heavy atom. The highest BCUT2D eigenvalue weighted by atomic mass is 79.9. The van der Waals surface area contributed by atoms with Crippen LogP contribution >= 0.6 is 15.9 Å². The minimum absolute atomic E-state index is 0.0308. The predicted molar refractivity (Wildman–Crippen MR) is 99.0 cm³/mol. The summed E-state index contributed by atoms with van der Waals surface area (Å²) in [7, 11) is -1.67. The van der Waals surface area contributed by atoms with E-state index in [0.29, 0.717) is 5.39 Å². The minimum Gasteiger partial charge on any atom is -0.469 e. The van der Waals surface area contributed by atoms with E-state index in [2.05, 4.69) is 30.1 Å². The molecule has 26 heavy (non-hydrogen) atoms. The Morgan fingerprint density at radius 2 is 1.73 bits per heavy atom. The predicted octanol–water partition coefficient (Wildman–Crippen LogP) is 2.38. The molecule has 0 aliphatic carbocycles. The molecule has 1 unspecified atom stereocenters. The summed E-state index contributed by atoms with van der Waals surface area (Å²) in [6.07, 6.45) is -0.201. The van der Waals surface area contributed by atoms with Crippen molar-refractivity contribution < 1.29 is 27.5 Å². The van der Waals surface area contributed by atoms with E-state index in [0.717, 1.165) is 17.0 Å². The monoisotopic (exact) mass is 443 g/mol. The fourth-order valence-electron chi connectivity index (χ4n) is 2.45. The number of carbonyl (C=O) groups excluding carboxylic acids is 2. The van der Waals surface area contributed by atoms with Crippen molar-refractivity contribution in [2.24, 2.45) is 0 Å². The maximum Gasteiger partial charge on any atom is 0.323 e. The Morgan fingerprint density at radius 1 is 1.08 bits per heavy atom. The van der Waals surface area contributed by atoms with E-state index in [1.54, 1.807) is 30.3 Å². The van der Waals surface area contributed by atoms with Gasteiger partial charge in [-0.15, -0.1) is 0 Å². The van der Waals surface area contributed by atoms with Crippen molar-refractivity contribution in [2.45, 2.75) is 23.8 Å². The fraction of sp³-hybridized carbons (Fsp3) is 0.294. The number of fused-ring (bicyclic) bond motifs is 1. The van der Waals surface area contributed by atoms with Gasteiger partial charge < -0.3 is 9.47 Å². The summed E-state index contributed by atoms with van der Waals surface area (Å²) in [6, 6.07) is 8.85. The summed E-state index contributed by atoms with van der Waals surface area (Å²) in [5, 5.41) is 1.23. The molecule has 0 aromatic heterocycles. The van der Waals surface area contributed by atoms with Gasteiger partial charge in [-0.2, -0.15) is 4.72 Å². The lowest BCUT2D eigenvalue weighted by Gasteiger charge is -2.17. The molecule has 9 heteroatoms. The first-order chi connectivity index (χ1) is 12.3. The highest BCUT2D eigenvalue weighted by Crippen LogP contribution is 2.29. The topological polar surface area (TPSA) is 98.8 Å². The van der Waals surface area contributed by atoms with Crippen molar-refractivity contribution in [3.63, 3.8) is 0 Å². The zero-order valence-corrected chi connectivity index (χ0v) is 16.6. The second kappa shape index (κ2) is 8.61. The molecule has 2 aromatic carbocycles. The second-order valence-corrected chi connectivity index (χ2v) is 7.94. The SMILES string of the molecule is COC(=O)CCC(NS(=O)(=O)c1ccc(Br)c2ccccc12)C(=O)OC. The lowest BCUT2D eigenvalue weighted by Crippen LogP contribution is -2.41. The van der Waals surface area contributed by atoms with Gasteiger partial charge in [0.25, 0.3) is 0 Å². The van der Waals surface area contributed by atoms with Crippen LogP contribution in [0.5, 0.6) is 0 Å². The molecule has 2 aromatic rings. The molecular formula is C17H18BrNO6S. The lowest BCUT2D eigenvalue weighted by molar-refractivity contribution is -0.144. The van der Waals surface area contributed by atoms with Gasteiger partial charge >= 0.3 is 11.9 Å². The van der Waals surface area contributed by atoms with Crippen molar-refractivity contribution in [2.75, 3.05) is 14.2 Å². The van der Waals surface area contributed by atoms with E-state index in [1.807, 2.05) is 0 Å². The summed E-state index contributed by atoms with van der Waals surface area (Å²) in [5.41, 5.74) is 0. The van der Waals surface area contributed by atoms with Gasteiger partial charge in [0.1, 0.15) is 6.04 Å². The standard InChI is InChI=1S/C17H18BrNO6S/c1-24-16(20)10-8-14(17(21)25-2)19-26(22,23)15-9-7-13(18)11-5-3-4-6-12(11)15/h3-7,9,14,19H,8,10H2,1-2H3. The third-order valence-electron chi connectivity index (χ3n) is 3.77. The first-order valence-corrected chi connectivity index (χ1v) is 9.92. The molecule has 2 rings (SSSR count). The number of nitrogens with one attached hydrogen (secondary N) is 1. The Balaban J connectivity index is 2.38. The van der Waals surface area contributed by atoms with E-state index in [-0.39, 0.29) is 17.7 Å². The number of halogens is 1. The molecule has 0 spiro atoms. The van der Waals surface area contributed by atoms with Gasteiger partial charge in [-0.3, -0.25) is 9.59 Å². The molecule has 140 valence electrons. The molecule has 0 fully saturated rings. The minimum atomic E-state index is -4.04. The van der Waals surface area contributed by atoms with Crippen LogP contribution in [0.4, 0.5) is 0 Å². The molecule has 1 N–H and O–H groups in total. The van der Waals surface area contributed by atoms with E-state index in [1.165, 1.54) is 13.2 Å². The molecule has 0 amide bonds. The van der Waals surface area contributed by atoms with Gasteiger partial charge in [0.15, 0.2) is 0 Å². The molecule has 7 nitrogen and oxygen atoms in total. The number of methoxy groups -OCH3 is 2. The number of sulfonamides is 1. The Hall–Kier alpha value is -1.97. The maximum atomic E-state index is 12.9. The van der Waals surface area contributed by atoms with Crippen molar-refractivity contribution in [3.05, 3.63) is 40.9 Å². The Labute approximate surface area is 159 Å². The van der Waals surface area contributed by atoms with Gasteiger partial charge in [0.2, 0.25) is 10.0 Å². The molecule has 0 aliphatic rings. The quantitative estimate of drug-likeness (QED) is 0.659. The molecule has 0 heterocycles. The number of ether oxygens (including phenoxy) is 2. The van der Waals surface area contributed by atoms with Crippen LogP contribution in [0.2, 0.25) is 0 Å². The molecule has 0 aliphatic heterocycles. The first kappa shape index (κ1) is 20.3. The highest BCUT2D eigenvalue weighted by Gasteiger charge is 2.28. The smallest absolute Gasteiger partial charge is 0.323 e. The lowest BCUT2D eigenvalue weighted by atomic mass is 10.1. The van der Waals surface area contributed by atoms with Gasteiger partial charge in [-0.1, -0.05) is 40.2 Å². The average molecular weight is 444 g/mol. The normalized spacial score (nSPS) is 12.6. The molecule has 0 radical (unpaired) electrons. The van der Waals surface area contributed by atoms with Crippen molar-refractivity contribution >= 4 is 48.7 Å². The van der Waals surface area contributed by atoms with Crippen LogP contribution in [-0.2, 0) is 29.1 Å². The van der Waals surface area contributed by atoms with Crippen LogP contribution in [-0.4, -0.2) is 40.6 Å². The van der Waals surface area contributed by atoms with Crippen LogP contribution in [0.25, 0.3) is 10.8 Å². The van der Waals surface area contributed by atoms with Gasteiger partial charge in [0.05, 0.1) is 19.1 Å². The third kappa shape index (κ3) is 4.60. The maximum absolute atomic E-state index is 12.9. The first-order valence-electron chi connectivity index (χ1n) is 7.64. The van der Waals surface area contributed by atoms with Gasteiger partial charge in [-0.25, -0.2) is 8.42 Å². The zero-order valence-electron chi connectivity index (χ0n) is 14.2. The van der Waals surface area contributed by atoms with Crippen LogP contribution in [0.3, 0.4) is 0 Å². The number of hydrogen-bond acceptors (Lipinski definition) is 6. The van der Waals surface area contributed by atoms with E-state index in [9.17, 15) is 18.0 Å². The Bertz CT molecular complexity index is 928. The van der Waals surface area contributed by atoms with Crippen molar-refractivity contribution in [3.8, 4) is 0 Å². The molecule has 0 bridgehead atoms. The van der Waals surface area contributed by atoms with E-state index in [4.69, 9.17) is 0 Å². The van der Waals surface area contributed by atoms with Gasteiger partial charge in [0, 0.05) is 16.3 Å². The summed E-state index contributed by atoms with van der Waals surface area (Å²) in [5.74, 6) is -1.33. The number of hydrogen-bond donors (Lipinski definition) is 1. The Kier molecular flexibility index (Phi) is 6.74. The summed E-state index contributed by atoms with van der Waals surface area (Å²) >= 11 is 3.39. The van der Waals surface area contributed by atoms with E-state index < -0.39 is 28.0 Å². The number of esters is 2. The van der Waals surface area contributed by atoms with Crippen LogP contribution < -0.4 is 4.72 Å². The van der Waals surface area contributed by atoms with Crippen molar-refractivity contribution in [1.82, 2.24) is 4.72 Å². The molecule has 1 atom stereocenters. The average Bonchev–Trinajstić information content (AvgIpc) is 2.64. The fourth-order valence-corrected chi connectivity index (χ4v) is 4.36. The summed E-state index contributed by atoms with van der Waals surface area (Å²) < 4.78 is 37.9. The van der Waals surface area contributed by atoms with Crippen LogP contribution in [0.1, 0.15) is 12.8 Å². The third-order valence-corrected chi connectivity index (χ3v) is 5.99. The van der Waals surface area contributed by atoms with Crippen molar-refractivity contribution in [1.29, 1.82) is 0 Å². The second-order valence-electron chi connectivity index (χ2n) is 5.40. The highest BCUT2D eigenvalue weighted by molar-refractivity contribution is 9.10. The summed E-state index contributed by atoms with van der Waals surface area (Å²) in [6.45, 7) is 0. The van der Waals surface area contributed by atoms with E-state index >= 15 is 0 Å². The molecular weight excluding hydrogens is 426 g/mol. The molecule has 0 saturated carbocycles. The van der Waals surface area contributed by atoms with Crippen LogP contribution in [0, 0.1) is 0 Å². The largest absolute Gasteiger partial charge is 0.469 e. The molecule has 0 saturated heterocycles.